The number of para-hydroxylation sites is 2. The van der Waals surface area contributed by atoms with E-state index in [1.54, 1.807) is 12.4 Å². The summed E-state index contributed by atoms with van der Waals surface area (Å²) < 4.78 is 0. The van der Waals surface area contributed by atoms with Gasteiger partial charge in [-0.1, -0.05) is 116 Å². The lowest BCUT2D eigenvalue weighted by molar-refractivity contribution is 0.468. The van der Waals surface area contributed by atoms with Crippen molar-refractivity contribution in [3.8, 4) is 22.6 Å². The second-order valence-electron chi connectivity index (χ2n) is 13.9. The topological polar surface area (TPSA) is 65.2 Å². The summed E-state index contributed by atoms with van der Waals surface area (Å²) in [6.45, 7) is 25.3. The third kappa shape index (κ3) is 8.05. The van der Waals surface area contributed by atoms with Crippen LogP contribution >= 0.6 is 0 Å². The highest BCUT2D eigenvalue weighted by molar-refractivity contribution is 5.94. The van der Waals surface area contributed by atoms with E-state index in [0.717, 1.165) is 24.2 Å². The van der Waals surface area contributed by atoms with Gasteiger partial charge >= 0.3 is 0 Å². The summed E-state index contributed by atoms with van der Waals surface area (Å²) in [6.07, 6.45) is 8.94. The molecule has 0 spiro atoms. The third-order valence-electron chi connectivity index (χ3n) is 8.80. The molecule has 0 aliphatic rings. The zero-order chi connectivity index (χ0) is 35.1. The summed E-state index contributed by atoms with van der Waals surface area (Å²) in [4.78, 5) is 9.96. The first-order valence-corrected chi connectivity index (χ1v) is 17.1. The molecule has 0 aliphatic heterocycles. The minimum atomic E-state index is 0.0631. The van der Waals surface area contributed by atoms with Crippen molar-refractivity contribution in [3.05, 3.63) is 130 Å². The Labute approximate surface area is 288 Å². The van der Waals surface area contributed by atoms with Crippen molar-refractivity contribution in [1.82, 2.24) is 0 Å². The van der Waals surface area contributed by atoms with Gasteiger partial charge in [-0.05, 0) is 82.0 Å². The maximum absolute atomic E-state index is 11.5. The molecule has 0 heterocycles. The molecular weight excluding hydrogens is 588 g/mol. The number of aliphatic imine (C=N–C) groups is 2. The van der Waals surface area contributed by atoms with Crippen molar-refractivity contribution in [2.45, 2.75) is 91.9 Å². The fourth-order valence-corrected chi connectivity index (χ4v) is 6.15. The molecule has 48 heavy (non-hydrogen) atoms. The molecule has 0 amide bonds. The van der Waals surface area contributed by atoms with E-state index in [1.165, 1.54) is 33.4 Å². The van der Waals surface area contributed by atoms with Crippen LogP contribution in [0.5, 0.6) is 11.5 Å². The first-order valence-electron chi connectivity index (χ1n) is 17.1. The van der Waals surface area contributed by atoms with Crippen molar-refractivity contribution >= 4 is 23.8 Å². The van der Waals surface area contributed by atoms with Gasteiger partial charge in [0.15, 0.2) is 0 Å². The molecule has 0 fully saturated rings. The van der Waals surface area contributed by atoms with E-state index in [-0.39, 0.29) is 35.2 Å². The van der Waals surface area contributed by atoms with Gasteiger partial charge in [0.2, 0.25) is 0 Å². The smallest absolute Gasteiger partial charge is 0.132 e. The van der Waals surface area contributed by atoms with Crippen LogP contribution in [0.25, 0.3) is 11.1 Å². The van der Waals surface area contributed by atoms with Crippen molar-refractivity contribution in [1.29, 1.82) is 0 Å². The van der Waals surface area contributed by atoms with E-state index in [0.29, 0.717) is 22.3 Å². The number of aromatic hydroxyl groups is 2. The molecule has 2 N–H and O–H groups in total. The van der Waals surface area contributed by atoms with E-state index in [2.05, 4.69) is 92.8 Å². The average Bonchev–Trinajstić information content (AvgIpc) is 3.04. The number of hydrogen-bond donors (Lipinski definition) is 2. The van der Waals surface area contributed by atoms with Gasteiger partial charge in [0.05, 0.1) is 11.4 Å². The van der Waals surface area contributed by atoms with Crippen molar-refractivity contribution in [2.24, 2.45) is 9.98 Å². The number of nitrogens with zero attached hydrogens (tertiary/aromatic N) is 2. The Morgan fingerprint density at radius 3 is 1.12 bits per heavy atom. The van der Waals surface area contributed by atoms with E-state index < -0.39 is 0 Å². The maximum Gasteiger partial charge on any atom is 0.132 e. The highest BCUT2D eigenvalue weighted by Gasteiger charge is 2.18. The van der Waals surface area contributed by atoms with Crippen LogP contribution < -0.4 is 0 Å². The van der Waals surface area contributed by atoms with Gasteiger partial charge in [0.1, 0.15) is 11.5 Å². The molecule has 4 rings (SSSR count). The Hall–Kier alpha value is -4.70. The van der Waals surface area contributed by atoms with Gasteiger partial charge in [0, 0.05) is 34.7 Å². The Morgan fingerprint density at radius 1 is 0.542 bits per heavy atom. The summed E-state index contributed by atoms with van der Waals surface area (Å²) in [5.74, 6) is 1.23. The largest absolute Gasteiger partial charge is 0.507 e. The summed E-state index contributed by atoms with van der Waals surface area (Å²) in [6, 6.07) is 20.0. The van der Waals surface area contributed by atoms with Crippen LogP contribution in [0.4, 0.5) is 11.4 Å². The van der Waals surface area contributed by atoms with E-state index in [9.17, 15) is 10.2 Å². The van der Waals surface area contributed by atoms with E-state index >= 15 is 0 Å². The van der Waals surface area contributed by atoms with Gasteiger partial charge in [-0.25, -0.2) is 0 Å². The number of benzene rings is 4. The quantitative estimate of drug-likeness (QED) is 0.113. The zero-order valence-corrected chi connectivity index (χ0v) is 30.0. The Balaban J connectivity index is 1.77. The van der Waals surface area contributed by atoms with Gasteiger partial charge in [0.25, 0.3) is 0 Å². The van der Waals surface area contributed by atoms with Crippen LogP contribution in [0.3, 0.4) is 0 Å². The number of allylic oxidation sites excluding steroid dienone is 2. The molecule has 0 saturated heterocycles. The Kier molecular flexibility index (Phi) is 12.0. The predicted molar refractivity (Wildman–Crippen MR) is 207 cm³/mol. The molecule has 0 aromatic heterocycles. The summed E-state index contributed by atoms with van der Waals surface area (Å²) in [7, 11) is 0. The lowest BCUT2D eigenvalue weighted by Crippen LogP contribution is -1.99. The molecule has 250 valence electrons. The average molecular weight is 641 g/mol. The lowest BCUT2D eigenvalue weighted by Gasteiger charge is -2.19. The predicted octanol–water partition coefficient (Wildman–Crippen LogP) is 12.2. The molecule has 0 atom stereocenters. The number of hydrogen-bond acceptors (Lipinski definition) is 4. The van der Waals surface area contributed by atoms with Gasteiger partial charge in [-0.3, -0.25) is 9.98 Å². The minimum absolute atomic E-state index is 0.0631. The number of phenols is 2. The number of rotatable bonds is 13. The maximum atomic E-state index is 11.5. The fraction of sp³-hybridized carbons (Fsp3) is 0.318. The van der Waals surface area contributed by atoms with Crippen LogP contribution in [0.2, 0.25) is 0 Å². The van der Waals surface area contributed by atoms with Crippen LogP contribution in [0.1, 0.15) is 124 Å². The van der Waals surface area contributed by atoms with Crippen LogP contribution in [0.15, 0.2) is 96.0 Å². The molecule has 4 nitrogen and oxygen atoms in total. The van der Waals surface area contributed by atoms with Gasteiger partial charge in [-0.15, -0.1) is 13.2 Å². The van der Waals surface area contributed by atoms with E-state index in [4.69, 9.17) is 9.98 Å². The lowest BCUT2D eigenvalue weighted by atomic mass is 9.89. The van der Waals surface area contributed by atoms with Crippen LogP contribution in [-0.4, -0.2) is 22.6 Å². The summed E-state index contributed by atoms with van der Waals surface area (Å²) in [5.41, 5.74) is 11.2. The third-order valence-corrected chi connectivity index (χ3v) is 8.80. The second kappa shape index (κ2) is 15.9. The number of phenolic OH excluding ortho intramolecular Hbond substituents is 2. The molecule has 0 aliphatic carbocycles. The summed E-state index contributed by atoms with van der Waals surface area (Å²) in [5, 5.41) is 23.1. The molecular formula is C44H52N2O2. The highest BCUT2D eigenvalue weighted by Crippen LogP contribution is 2.41. The van der Waals surface area contributed by atoms with Crippen molar-refractivity contribution in [3.63, 3.8) is 0 Å². The van der Waals surface area contributed by atoms with Crippen LogP contribution in [-0.2, 0) is 12.8 Å². The Bertz CT molecular complexity index is 1650. The molecule has 0 saturated carbocycles. The molecule has 0 unspecified atom stereocenters. The van der Waals surface area contributed by atoms with Crippen molar-refractivity contribution < 1.29 is 10.2 Å². The molecule has 4 heteroatoms. The monoisotopic (exact) mass is 640 g/mol. The van der Waals surface area contributed by atoms with Crippen LogP contribution in [0, 0.1) is 0 Å². The molecule has 0 radical (unpaired) electrons. The standard InChI is InChI=1S/C44H52N2O2/c1-11-15-31-21-37(27(3)4)41(38(22-31)28(5)6)45-25-33-17-13-19-35(43(33)47)36-20-14-18-34(44(36)48)26-46-42-39(29(7)8)23-32(16-12-2)24-40(42)30(9)10/h11-14,17-30,47-48H,1-2,15-16H2,3-10H3. The zero-order valence-electron chi connectivity index (χ0n) is 30.0. The fourth-order valence-electron chi connectivity index (χ4n) is 6.15. The van der Waals surface area contributed by atoms with E-state index in [1.807, 2.05) is 48.6 Å². The van der Waals surface area contributed by atoms with Crippen molar-refractivity contribution in [2.75, 3.05) is 0 Å². The van der Waals surface area contributed by atoms with Gasteiger partial charge < -0.3 is 10.2 Å². The molecule has 4 aromatic rings. The second-order valence-corrected chi connectivity index (χ2v) is 13.9. The molecule has 4 aromatic carbocycles. The Morgan fingerprint density at radius 2 is 0.854 bits per heavy atom. The minimum Gasteiger partial charge on any atom is -0.507 e. The molecule has 0 bridgehead atoms. The summed E-state index contributed by atoms with van der Waals surface area (Å²) >= 11 is 0. The normalized spacial score (nSPS) is 12.0. The van der Waals surface area contributed by atoms with Gasteiger partial charge in [-0.2, -0.15) is 0 Å². The SMILES string of the molecule is C=CCc1cc(C(C)C)c(N=Cc2cccc(-c3cccc(C=Nc4c(C(C)C)cc(CC=C)cc4C(C)C)c3O)c2O)c(C(C)C)c1. The first-order chi connectivity index (χ1) is 22.9. The first kappa shape index (κ1) is 36.1. The highest BCUT2D eigenvalue weighted by atomic mass is 16.3.